The summed E-state index contributed by atoms with van der Waals surface area (Å²) in [7, 11) is 1.47. The molecule has 0 spiro atoms. The first-order valence-corrected chi connectivity index (χ1v) is 10.9. The molecule has 0 unspecified atom stereocenters. The number of benzene rings is 2. The summed E-state index contributed by atoms with van der Waals surface area (Å²) in [5, 5.41) is 0.142. The molecule has 2 aromatic carbocycles. The summed E-state index contributed by atoms with van der Waals surface area (Å²) < 4.78 is 73.7. The van der Waals surface area contributed by atoms with Gasteiger partial charge >= 0.3 is 13.2 Å². The third kappa shape index (κ3) is 6.04. The number of aryl methyl sites for hydroxylation is 1. The maximum absolute atomic E-state index is 13.7. The number of rotatable bonds is 8. The van der Waals surface area contributed by atoms with E-state index in [1.54, 1.807) is 13.0 Å². The second-order valence-electron chi connectivity index (χ2n) is 8.42. The van der Waals surface area contributed by atoms with Crippen LogP contribution in [0.15, 0.2) is 48.7 Å². The van der Waals surface area contributed by atoms with Crippen molar-refractivity contribution in [2.75, 3.05) is 11.9 Å². The lowest BCUT2D eigenvalue weighted by molar-refractivity contribution is -0.122. The van der Waals surface area contributed by atoms with E-state index in [-0.39, 0.29) is 10.7 Å². The molecular weight excluding hydrogens is 507 g/mol. The summed E-state index contributed by atoms with van der Waals surface area (Å²) in [4.78, 5) is 19.0. The number of amides is 1. The fourth-order valence-corrected chi connectivity index (χ4v) is 3.92. The summed E-state index contributed by atoms with van der Waals surface area (Å²) in [6.45, 7) is -1.76. The lowest BCUT2D eigenvalue weighted by Gasteiger charge is -2.31. The summed E-state index contributed by atoms with van der Waals surface area (Å²) in [6.07, 6.45) is 1.37. The number of alkyl halides is 4. The van der Waals surface area contributed by atoms with E-state index in [2.05, 4.69) is 14.5 Å². The number of pyridine rings is 1. The van der Waals surface area contributed by atoms with Crippen LogP contribution in [0.4, 0.5) is 27.6 Å². The standard InChI is InChI=1S/C25H22ClF5N2O3/c1-13-7-15(27)5-6-18(13)19-11-21(26)32-12-20(19)33(4)22(34)25(2,3)14-8-16(35-23(28)29)10-17(9-14)36-24(30)31/h5-12,23-24H,1-4H3. The van der Waals surface area contributed by atoms with Crippen LogP contribution >= 0.6 is 11.6 Å². The normalized spacial score (nSPS) is 11.7. The summed E-state index contributed by atoms with van der Waals surface area (Å²) >= 11 is 6.10. The number of hydrogen-bond acceptors (Lipinski definition) is 4. The summed E-state index contributed by atoms with van der Waals surface area (Å²) in [5.41, 5.74) is 0.685. The van der Waals surface area contributed by atoms with Crippen LogP contribution in [0.25, 0.3) is 11.1 Å². The quantitative estimate of drug-likeness (QED) is 0.233. The van der Waals surface area contributed by atoms with Gasteiger partial charge in [-0.25, -0.2) is 9.37 Å². The van der Waals surface area contributed by atoms with Gasteiger partial charge in [-0.05, 0) is 67.8 Å². The molecule has 3 aromatic rings. The van der Waals surface area contributed by atoms with Gasteiger partial charge in [0.25, 0.3) is 0 Å². The largest absolute Gasteiger partial charge is 0.435 e. The van der Waals surface area contributed by atoms with Crippen molar-refractivity contribution in [2.24, 2.45) is 0 Å². The number of halogens is 6. The molecule has 36 heavy (non-hydrogen) atoms. The zero-order chi connectivity index (χ0) is 26.8. The minimum Gasteiger partial charge on any atom is -0.435 e. The fraction of sp³-hybridized carbons (Fsp3) is 0.280. The van der Waals surface area contributed by atoms with Crippen molar-refractivity contribution < 1.29 is 36.2 Å². The number of hydrogen-bond donors (Lipinski definition) is 0. The topological polar surface area (TPSA) is 51.7 Å². The lowest BCUT2D eigenvalue weighted by Crippen LogP contribution is -2.41. The summed E-state index contributed by atoms with van der Waals surface area (Å²) in [5.74, 6) is -1.86. The van der Waals surface area contributed by atoms with E-state index in [1.807, 2.05) is 0 Å². The van der Waals surface area contributed by atoms with E-state index in [0.29, 0.717) is 22.4 Å². The Bertz CT molecular complexity index is 1240. The van der Waals surface area contributed by atoms with E-state index >= 15 is 0 Å². The maximum atomic E-state index is 13.7. The van der Waals surface area contributed by atoms with Crippen molar-refractivity contribution in [3.63, 3.8) is 0 Å². The van der Waals surface area contributed by atoms with Crippen LogP contribution in [0.5, 0.6) is 11.5 Å². The van der Waals surface area contributed by atoms with Crippen LogP contribution in [0.2, 0.25) is 5.15 Å². The fourth-order valence-electron chi connectivity index (χ4n) is 3.76. The highest BCUT2D eigenvalue weighted by atomic mass is 35.5. The summed E-state index contributed by atoms with van der Waals surface area (Å²) in [6, 6.07) is 8.86. The average molecular weight is 529 g/mol. The number of aromatic nitrogens is 1. The Balaban J connectivity index is 2.06. The highest BCUT2D eigenvalue weighted by molar-refractivity contribution is 6.29. The number of carbonyl (C=O) groups is 1. The second-order valence-corrected chi connectivity index (χ2v) is 8.81. The van der Waals surface area contributed by atoms with Crippen LogP contribution in [-0.2, 0) is 10.2 Å². The van der Waals surface area contributed by atoms with Crippen molar-refractivity contribution in [2.45, 2.75) is 39.4 Å². The van der Waals surface area contributed by atoms with Gasteiger partial charge in [-0.1, -0.05) is 17.7 Å². The molecule has 0 aliphatic rings. The molecule has 5 nitrogen and oxygen atoms in total. The molecule has 0 aliphatic heterocycles. The van der Waals surface area contributed by atoms with E-state index in [1.165, 1.54) is 50.2 Å². The molecule has 0 fully saturated rings. The molecule has 1 aromatic heterocycles. The molecular formula is C25H22ClF5N2O3. The van der Waals surface area contributed by atoms with Gasteiger partial charge in [0.15, 0.2) is 0 Å². The molecule has 0 radical (unpaired) electrons. The number of anilines is 1. The van der Waals surface area contributed by atoms with E-state index in [0.717, 1.165) is 18.2 Å². The number of likely N-dealkylation sites (N-methyl/N-ethyl adjacent to an activating group) is 1. The van der Waals surface area contributed by atoms with Gasteiger partial charge < -0.3 is 14.4 Å². The molecule has 3 rings (SSSR count). The van der Waals surface area contributed by atoms with E-state index < -0.39 is 41.9 Å². The zero-order valence-corrected chi connectivity index (χ0v) is 20.4. The van der Waals surface area contributed by atoms with Gasteiger partial charge in [-0.2, -0.15) is 17.6 Å². The molecule has 0 atom stereocenters. The molecule has 1 heterocycles. The predicted octanol–water partition coefficient (Wildman–Crippen LogP) is 6.99. The first kappa shape index (κ1) is 27.2. The van der Waals surface area contributed by atoms with Gasteiger partial charge in [0, 0.05) is 18.7 Å². The Kier molecular flexibility index (Phi) is 8.08. The molecule has 0 aliphatic carbocycles. The molecule has 0 saturated heterocycles. The molecule has 0 saturated carbocycles. The van der Waals surface area contributed by atoms with Crippen molar-refractivity contribution >= 4 is 23.2 Å². The SMILES string of the molecule is Cc1cc(F)ccc1-c1cc(Cl)ncc1N(C)C(=O)C(C)(C)c1cc(OC(F)F)cc(OC(F)F)c1. The van der Waals surface area contributed by atoms with E-state index in [9.17, 15) is 26.7 Å². The predicted molar refractivity (Wildman–Crippen MR) is 126 cm³/mol. The van der Waals surface area contributed by atoms with Gasteiger partial charge in [0.05, 0.1) is 17.3 Å². The lowest BCUT2D eigenvalue weighted by atomic mass is 9.82. The number of carbonyl (C=O) groups excluding carboxylic acids is 1. The Morgan fingerprint density at radius 1 is 0.972 bits per heavy atom. The van der Waals surface area contributed by atoms with Crippen molar-refractivity contribution in [1.82, 2.24) is 4.98 Å². The van der Waals surface area contributed by atoms with Gasteiger partial charge in [-0.15, -0.1) is 0 Å². The smallest absolute Gasteiger partial charge is 0.387 e. The van der Waals surface area contributed by atoms with Crippen LogP contribution < -0.4 is 14.4 Å². The van der Waals surface area contributed by atoms with E-state index in [4.69, 9.17) is 11.6 Å². The Morgan fingerprint density at radius 3 is 2.08 bits per heavy atom. The highest BCUT2D eigenvalue weighted by Gasteiger charge is 2.35. The number of nitrogens with zero attached hydrogens (tertiary/aromatic N) is 2. The number of ether oxygens (including phenoxy) is 2. The molecule has 11 heteroatoms. The Hall–Kier alpha value is -3.40. The highest BCUT2D eigenvalue weighted by Crippen LogP contribution is 2.38. The van der Waals surface area contributed by atoms with Gasteiger partial charge in [0.2, 0.25) is 5.91 Å². The molecule has 1 amide bonds. The van der Waals surface area contributed by atoms with Crippen molar-refractivity contribution in [3.05, 3.63) is 70.8 Å². The van der Waals surface area contributed by atoms with Crippen molar-refractivity contribution in [1.29, 1.82) is 0 Å². The third-order valence-electron chi connectivity index (χ3n) is 5.58. The maximum Gasteiger partial charge on any atom is 0.387 e. The Morgan fingerprint density at radius 2 is 1.56 bits per heavy atom. The molecule has 0 N–H and O–H groups in total. The minimum absolute atomic E-state index is 0.0922. The third-order valence-corrected chi connectivity index (χ3v) is 5.79. The second kappa shape index (κ2) is 10.7. The van der Waals surface area contributed by atoms with Crippen LogP contribution in [-0.4, -0.2) is 31.2 Å². The molecule has 0 bridgehead atoms. The Labute approximate surface area is 209 Å². The first-order chi connectivity index (χ1) is 16.8. The van der Waals surface area contributed by atoms with Crippen LogP contribution in [0, 0.1) is 12.7 Å². The van der Waals surface area contributed by atoms with Crippen LogP contribution in [0.1, 0.15) is 25.0 Å². The average Bonchev–Trinajstić information content (AvgIpc) is 2.77. The minimum atomic E-state index is -3.22. The monoisotopic (exact) mass is 528 g/mol. The zero-order valence-electron chi connectivity index (χ0n) is 19.7. The van der Waals surface area contributed by atoms with Crippen LogP contribution in [0.3, 0.4) is 0 Å². The van der Waals surface area contributed by atoms with Gasteiger partial charge in [0.1, 0.15) is 22.5 Å². The molecule has 192 valence electrons. The van der Waals surface area contributed by atoms with Crippen molar-refractivity contribution in [3.8, 4) is 22.6 Å². The van der Waals surface area contributed by atoms with Gasteiger partial charge in [-0.3, -0.25) is 4.79 Å². The first-order valence-electron chi connectivity index (χ1n) is 10.5.